The molecule has 0 aliphatic rings. The molecular weight excluding hydrogens is 198 g/mol. The molecule has 2 atom stereocenters. The topological polar surface area (TPSA) is 35.2 Å². The van der Waals surface area contributed by atoms with Crippen molar-refractivity contribution in [2.24, 2.45) is 11.1 Å². The predicted octanol–water partition coefficient (Wildman–Crippen LogP) is 3.14. The third-order valence-electron chi connectivity index (χ3n) is 2.68. The number of benzene rings is 1. The maximum atomic E-state index is 6.05. The lowest BCUT2D eigenvalue weighted by Crippen LogP contribution is -2.45. The first-order valence-electron chi connectivity index (χ1n) is 5.80. The van der Waals surface area contributed by atoms with Crippen LogP contribution >= 0.6 is 0 Å². The molecule has 0 radical (unpaired) electrons. The van der Waals surface area contributed by atoms with Gasteiger partial charge in [0.1, 0.15) is 11.9 Å². The molecule has 0 saturated carbocycles. The molecule has 0 spiro atoms. The number of para-hydroxylation sites is 1. The van der Waals surface area contributed by atoms with Crippen LogP contribution in [-0.4, -0.2) is 12.1 Å². The van der Waals surface area contributed by atoms with Gasteiger partial charge in [-0.05, 0) is 25.5 Å². The van der Waals surface area contributed by atoms with Crippen molar-refractivity contribution in [3.8, 4) is 5.75 Å². The molecule has 0 saturated heterocycles. The van der Waals surface area contributed by atoms with Gasteiger partial charge in [-0.15, -0.1) is 0 Å². The van der Waals surface area contributed by atoms with Gasteiger partial charge < -0.3 is 10.5 Å². The van der Waals surface area contributed by atoms with E-state index in [1.807, 2.05) is 25.1 Å². The Morgan fingerprint density at radius 3 is 2.19 bits per heavy atom. The number of rotatable bonds is 3. The van der Waals surface area contributed by atoms with Crippen molar-refractivity contribution in [3.63, 3.8) is 0 Å². The first kappa shape index (κ1) is 13.0. The molecule has 2 N–H and O–H groups in total. The maximum absolute atomic E-state index is 6.05. The smallest absolute Gasteiger partial charge is 0.122 e. The van der Waals surface area contributed by atoms with Gasteiger partial charge in [-0.3, -0.25) is 0 Å². The summed E-state index contributed by atoms with van der Waals surface area (Å²) in [5, 5.41) is 0. The highest BCUT2D eigenvalue weighted by Gasteiger charge is 2.30. The van der Waals surface area contributed by atoms with Crippen molar-refractivity contribution in [2.75, 3.05) is 0 Å². The van der Waals surface area contributed by atoms with Crippen LogP contribution in [0.1, 0.15) is 33.3 Å². The Kier molecular flexibility index (Phi) is 3.98. The molecule has 0 aromatic heterocycles. The summed E-state index contributed by atoms with van der Waals surface area (Å²) < 4.78 is 6.05. The highest BCUT2D eigenvalue weighted by atomic mass is 16.5. The van der Waals surface area contributed by atoms with Crippen LogP contribution in [0.25, 0.3) is 0 Å². The largest absolute Gasteiger partial charge is 0.488 e. The number of aryl methyl sites for hydroxylation is 1. The third-order valence-corrected chi connectivity index (χ3v) is 2.68. The van der Waals surface area contributed by atoms with Gasteiger partial charge in [0.15, 0.2) is 0 Å². The van der Waals surface area contributed by atoms with Crippen molar-refractivity contribution in [2.45, 2.75) is 46.8 Å². The molecule has 0 aliphatic carbocycles. The van der Waals surface area contributed by atoms with E-state index >= 15 is 0 Å². The zero-order chi connectivity index (χ0) is 12.3. The van der Waals surface area contributed by atoms with Crippen molar-refractivity contribution in [3.05, 3.63) is 29.8 Å². The van der Waals surface area contributed by atoms with E-state index in [0.717, 1.165) is 11.3 Å². The number of ether oxygens (including phenoxy) is 1. The number of hydrogen-bond donors (Lipinski definition) is 1. The Bertz CT molecular complexity index is 339. The van der Waals surface area contributed by atoms with Gasteiger partial charge in [0.2, 0.25) is 0 Å². The second-order valence-electron chi connectivity index (χ2n) is 5.53. The summed E-state index contributed by atoms with van der Waals surface area (Å²) in [7, 11) is 0. The van der Waals surface area contributed by atoms with E-state index in [1.165, 1.54) is 0 Å². The predicted molar refractivity (Wildman–Crippen MR) is 68.7 cm³/mol. The monoisotopic (exact) mass is 221 g/mol. The molecule has 0 heterocycles. The van der Waals surface area contributed by atoms with Crippen LogP contribution in [0.3, 0.4) is 0 Å². The van der Waals surface area contributed by atoms with E-state index in [-0.39, 0.29) is 17.6 Å². The van der Waals surface area contributed by atoms with Gasteiger partial charge in [0.25, 0.3) is 0 Å². The molecule has 0 bridgehead atoms. The fraction of sp³-hybridized carbons (Fsp3) is 0.571. The van der Waals surface area contributed by atoms with Crippen LogP contribution in [0.15, 0.2) is 24.3 Å². The highest BCUT2D eigenvalue weighted by Crippen LogP contribution is 2.28. The minimum atomic E-state index is 0.0135. The summed E-state index contributed by atoms with van der Waals surface area (Å²) in [6.07, 6.45) is 0.0219. The highest BCUT2D eigenvalue weighted by molar-refractivity contribution is 5.32. The van der Waals surface area contributed by atoms with Crippen LogP contribution in [0, 0.1) is 12.3 Å². The Labute approximate surface area is 98.8 Å². The van der Waals surface area contributed by atoms with Crippen molar-refractivity contribution >= 4 is 0 Å². The number of nitrogens with two attached hydrogens (primary N) is 1. The van der Waals surface area contributed by atoms with Gasteiger partial charge in [-0.25, -0.2) is 0 Å². The van der Waals surface area contributed by atoms with Crippen molar-refractivity contribution in [1.82, 2.24) is 0 Å². The molecule has 16 heavy (non-hydrogen) atoms. The molecule has 1 aromatic carbocycles. The molecule has 0 aliphatic heterocycles. The lowest BCUT2D eigenvalue weighted by Gasteiger charge is -2.34. The van der Waals surface area contributed by atoms with E-state index in [0.29, 0.717) is 0 Å². The van der Waals surface area contributed by atoms with E-state index in [9.17, 15) is 0 Å². The van der Waals surface area contributed by atoms with Crippen LogP contribution in [0.2, 0.25) is 0 Å². The van der Waals surface area contributed by atoms with Gasteiger partial charge in [0, 0.05) is 11.5 Å². The second-order valence-corrected chi connectivity index (χ2v) is 5.53. The van der Waals surface area contributed by atoms with E-state index in [1.54, 1.807) is 0 Å². The standard InChI is InChI=1S/C14H23NO/c1-10-8-6-7-9-12(10)16-13(11(2)15)14(3,4)5/h6-9,11,13H,15H2,1-5H3. The Hall–Kier alpha value is -1.02. The summed E-state index contributed by atoms with van der Waals surface area (Å²) in [5.41, 5.74) is 7.18. The number of hydrogen-bond acceptors (Lipinski definition) is 2. The fourth-order valence-electron chi connectivity index (χ4n) is 1.90. The van der Waals surface area contributed by atoms with Gasteiger partial charge in [0.05, 0.1) is 0 Å². The molecule has 2 heteroatoms. The summed E-state index contributed by atoms with van der Waals surface area (Å²) in [6, 6.07) is 8.07. The lowest BCUT2D eigenvalue weighted by molar-refractivity contribution is 0.0678. The lowest BCUT2D eigenvalue weighted by atomic mass is 9.85. The zero-order valence-corrected chi connectivity index (χ0v) is 10.9. The van der Waals surface area contributed by atoms with Gasteiger partial charge in [-0.2, -0.15) is 0 Å². The molecule has 2 nitrogen and oxygen atoms in total. The van der Waals surface area contributed by atoms with Gasteiger partial charge >= 0.3 is 0 Å². The molecule has 1 rings (SSSR count). The Balaban J connectivity index is 2.89. The molecule has 90 valence electrons. The SMILES string of the molecule is Cc1ccccc1OC(C(C)N)C(C)(C)C. The average Bonchev–Trinajstić information content (AvgIpc) is 2.14. The van der Waals surface area contributed by atoms with Crippen LogP contribution < -0.4 is 10.5 Å². The van der Waals surface area contributed by atoms with Gasteiger partial charge in [-0.1, -0.05) is 39.0 Å². The minimum absolute atomic E-state index is 0.0135. The Morgan fingerprint density at radius 1 is 1.19 bits per heavy atom. The van der Waals surface area contributed by atoms with Crippen LogP contribution in [0.4, 0.5) is 0 Å². The molecule has 0 amide bonds. The third kappa shape index (κ3) is 3.24. The van der Waals surface area contributed by atoms with E-state index < -0.39 is 0 Å². The first-order valence-corrected chi connectivity index (χ1v) is 5.80. The molecule has 1 aromatic rings. The van der Waals surface area contributed by atoms with Crippen molar-refractivity contribution < 1.29 is 4.74 Å². The molecular formula is C14H23NO. The average molecular weight is 221 g/mol. The zero-order valence-electron chi connectivity index (χ0n) is 10.9. The maximum Gasteiger partial charge on any atom is 0.122 e. The summed E-state index contributed by atoms with van der Waals surface area (Å²) in [6.45, 7) is 10.5. The van der Waals surface area contributed by atoms with Crippen LogP contribution in [0.5, 0.6) is 5.75 Å². The minimum Gasteiger partial charge on any atom is -0.488 e. The normalized spacial score (nSPS) is 15.6. The quantitative estimate of drug-likeness (QED) is 0.851. The molecule has 0 fully saturated rings. The molecule has 2 unspecified atom stereocenters. The summed E-state index contributed by atoms with van der Waals surface area (Å²) >= 11 is 0. The Morgan fingerprint density at radius 2 is 1.75 bits per heavy atom. The summed E-state index contributed by atoms with van der Waals surface area (Å²) in [5.74, 6) is 0.930. The summed E-state index contributed by atoms with van der Waals surface area (Å²) in [4.78, 5) is 0. The first-order chi connectivity index (χ1) is 7.32. The second kappa shape index (κ2) is 4.88. The van der Waals surface area contributed by atoms with E-state index in [2.05, 4.69) is 33.8 Å². The fourth-order valence-corrected chi connectivity index (χ4v) is 1.90. The van der Waals surface area contributed by atoms with Crippen molar-refractivity contribution in [1.29, 1.82) is 0 Å². The van der Waals surface area contributed by atoms with Crippen LogP contribution in [-0.2, 0) is 0 Å². The van der Waals surface area contributed by atoms with E-state index in [4.69, 9.17) is 10.5 Å².